The van der Waals surface area contributed by atoms with Gasteiger partial charge in [-0.2, -0.15) is 0 Å². The van der Waals surface area contributed by atoms with Crippen LogP contribution in [0.25, 0.3) is 0 Å². The standard InChI is InChI=1S/C13H16N2O4/c1-13(2)3-4-14(8-13)12(17)9-5-10(15(18)19)7-11(16)6-9/h5-7,16H,3-4,8H2,1-2H3. The van der Waals surface area contributed by atoms with Gasteiger partial charge in [-0.3, -0.25) is 14.9 Å². The number of nitrogens with zero attached hydrogens (tertiary/aromatic N) is 2. The Morgan fingerprint density at radius 1 is 1.42 bits per heavy atom. The summed E-state index contributed by atoms with van der Waals surface area (Å²) in [5.41, 5.74) is -0.0514. The van der Waals surface area contributed by atoms with E-state index in [9.17, 15) is 20.0 Å². The first kappa shape index (κ1) is 13.3. The monoisotopic (exact) mass is 264 g/mol. The molecule has 1 aliphatic rings. The summed E-state index contributed by atoms with van der Waals surface area (Å²) >= 11 is 0. The molecule has 19 heavy (non-hydrogen) atoms. The van der Waals surface area contributed by atoms with E-state index in [4.69, 9.17) is 0 Å². The van der Waals surface area contributed by atoms with Crippen LogP contribution in [0.1, 0.15) is 30.6 Å². The average Bonchev–Trinajstić information content (AvgIpc) is 2.68. The molecule has 0 spiro atoms. The quantitative estimate of drug-likeness (QED) is 0.655. The summed E-state index contributed by atoms with van der Waals surface area (Å²) in [5.74, 6) is -0.541. The van der Waals surface area contributed by atoms with E-state index in [0.717, 1.165) is 12.5 Å². The number of carbonyl (C=O) groups is 1. The van der Waals surface area contributed by atoms with Crippen molar-refractivity contribution in [3.63, 3.8) is 0 Å². The van der Waals surface area contributed by atoms with Crippen molar-refractivity contribution in [2.45, 2.75) is 20.3 Å². The summed E-state index contributed by atoms with van der Waals surface area (Å²) in [4.78, 5) is 24.0. The third kappa shape index (κ3) is 2.83. The minimum atomic E-state index is -0.621. The van der Waals surface area contributed by atoms with Crippen molar-refractivity contribution in [3.05, 3.63) is 33.9 Å². The Kier molecular flexibility index (Phi) is 3.18. The first-order valence-corrected chi connectivity index (χ1v) is 6.06. The highest BCUT2D eigenvalue weighted by atomic mass is 16.6. The van der Waals surface area contributed by atoms with Gasteiger partial charge in [0.05, 0.1) is 16.6 Å². The smallest absolute Gasteiger partial charge is 0.273 e. The van der Waals surface area contributed by atoms with Crippen LogP contribution >= 0.6 is 0 Å². The molecule has 0 saturated carbocycles. The van der Waals surface area contributed by atoms with Crippen LogP contribution < -0.4 is 0 Å². The molecular weight excluding hydrogens is 248 g/mol. The zero-order valence-electron chi connectivity index (χ0n) is 10.9. The zero-order chi connectivity index (χ0) is 14.2. The van der Waals surface area contributed by atoms with Crippen LogP contribution in [-0.2, 0) is 0 Å². The van der Waals surface area contributed by atoms with Crippen LogP contribution in [0.2, 0.25) is 0 Å². The van der Waals surface area contributed by atoms with Crippen molar-refractivity contribution in [1.29, 1.82) is 0 Å². The molecule has 1 fully saturated rings. The molecule has 6 nitrogen and oxygen atoms in total. The van der Waals surface area contributed by atoms with Gasteiger partial charge in [0.15, 0.2) is 0 Å². The zero-order valence-corrected chi connectivity index (χ0v) is 10.9. The van der Waals surface area contributed by atoms with Crippen molar-refractivity contribution >= 4 is 11.6 Å². The van der Waals surface area contributed by atoms with Gasteiger partial charge < -0.3 is 10.0 Å². The summed E-state index contributed by atoms with van der Waals surface area (Å²) in [6.45, 7) is 5.40. The van der Waals surface area contributed by atoms with E-state index in [1.54, 1.807) is 4.90 Å². The molecule has 1 aromatic rings. The second-order valence-corrected chi connectivity index (χ2v) is 5.64. The molecular formula is C13H16N2O4. The summed E-state index contributed by atoms with van der Waals surface area (Å²) in [6.07, 6.45) is 0.902. The lowest BCUT2D eigenvalue weighted by Crippen LogP contribution is -2.30. The molecule has 1 saturated heterocycles. The van der Waals surface area contributed by atoms with Gasteiger partial charge in [0, 0.05) is 19.2 Å². The molecule has 0 bridgehead atoms. The van der Waals surface area contributed by atoms with Crippen LogP contribution in [0.15, 0.2) is 18.2 Å². The highest BCUT2D eigenvalue weighted by molar-refractivity contribution is 5.95. The molecule has 1 aromatic carbocycles. The lowest BCUT2D eigenvalue weighted by molar-refractivity contribution is -0.385. The number of aromatic hydroxyl groups is 1. The molecule has 0 aliphatic carbocycles. The van der Waals surface area contributed by atoms with Gasteiger partial charge in [0.2, 0.25) is 0 Å². The Morgan fingerprint density at radius 2 is 2.11 bits per heavy atom. The Bertz CT molecular complexity index is 539. The Morgan fingerprint density at radius 3 is 2.63 bits per heavy atom. The van der Waals surface area contributed by atoms with E-state index in [2.05, 4.69) is 13.8 Å². The largest absolute Gasteiger partial charge is 0.508 e. The molecule has 0 atom stereocenters. The van der Waals surface area contributed by atoms with E-state index < -0.39 is 4.92 Å². The molecule has 6 heteroatoms. The minimum Gasteiger partial charge on any atom is -0.508 e. The predicted molar refractivity (Wildman–Crippen MR) is 69.1 cm³/mol. The number of carbonyl (C=O) groups excluding carboxylic acids is 1. The van der Waals surface area contributed by atoms with Crippen molar-refractivity contribution < 1.29 is 14.8 Å². The minimum absolute atomic E-state index is 0.0679. The number of hydrogen-bond donors (Lipinski definition) is 1. The maximum Gasteiger partial charge on any atom is 0.273 e. The van der Waals surface area contributed by atoms with E-state index >= 15 is 0 Å². The fraction of sp³-hybridized carbons (Fsp3) is 0.462. The number of phenolic OH excluding ortho intramolecular Hbond substituents is 1. The number of nitro groups is 1. The Labute approximate surface area is 110 Å². The molecule has 0 unspecified atom stereocenters. The topological polar surface area (TPSA) is 83.7 Å². The van der Waals surface area contributed by atoms with Crippen LogP contribution in [0.4, 0.5) is 5.69 Å². The van der Waals surface area contributed by atoms with E-state index in [0.29, 0.717) is 13.1 Å². The Hall–Kier alpha value is -2.11. The molecule has 1 heterocycles. The summed E-state index contributed by atoms with van der Waals surface area (Å²) in [7, 11) is 0. The van der Waals surface area contributed by atoms with Crippen molar-refractivity contribution in [1.82, 2.24) is 4.90 Å². The number of benzene rings is 1. The molecule has 102 valence electrons. The SMILES string of the molecule is CC1(C)CCN(C(=O)c2cc(O)cc([N+](=O)[O-])c2)C1. The number of phenols is 1. The number of nitro benzene ring substituents is 1. The number of non-ortho nitro benzene ring substituents is 1. The van der Waals surface area contributed by atoms with Crippen molar-refractivity contribution in [3.8, 4) is 5.75 Å². The third-order valence-electron chi connectivity index (χ3n) is 3.32. The van der Waals surface area contributed by atoms with Gasteiger partial charge in [-0.15, -0.1) is 0 Å². The first-order chi connectivity index (χ1) is 8.78. The highest BCUT2D eigenvalue weighted by Gasteiger charge is 2.32. The van der Waals surface area contributed by atoms with Gasteiger partial charge >= 0.3 is 0 Å². The average molecular weight is 264 g/mol. The van der Waals surface area contributed by atoms with Gasteiger partial charge in [-0.1, -0.05) is 13.8 Å². The van der Waals surface area contributed by atoms with Gasteiger partial charge in [-0.25, -0.2) is 0 Å². The predicted octanol–water partition coefficient (Wildman–Crippen LogP) is 2.17. The fourth-order valence-corrected chi connectivity index (χ4v) is 2.29. The van der Waals surface area contributed by atoms with Crippen LogP contribution in [0.5, 0.6) is 5.75 Å². The normalized spacial score (nSPS) is 17.5. The van der Waals surface area contributed by atoms with E-state index in [1.165, 1.54) is 12.1 Å². The van der Waals surface area contributed by atoms with E-state index in [1.807, 2.05) is 0 Å². The molecule has 1 amide bonds. The lowest BCUT2D eigenvalue weighted by atomic mass is 9.93. The summed E-state index contributed by atoms with van der Waals surface area (Å²) in [5, 5.41) is 20.2. The number of hydrogen-bond acceptors (Lipinski definition) is 4. The molecule has 0 radical (unpaired) electrons. The second kappa shape index (κ2) is 4.53. The van der Waals surface area contributed by atoms with Crippen LogP contribution in [0.3, 0.4) is 0 Å². The first-order valence-electron chi connectivity index (χ1n) is 6.06. The molecule has 2 rings (SSSR count). The van der Waals surface area contributed by atoms with E-state index in [-0.39, 0.29) is 28.3 Å². The molecule has 1 N–H and O–H groups in total. The number of rotatable bonds is 2. The van der Waals surface area contributed by atoms with Crippen LogP contribution in [-0.4, -0.2) is 33.9 Å². The van der Waals surface area contributed by atoms with Gasteiger partial charge in [0.1, 0.15) is 5.75 Å². The number of amides is 1. The second-order valence-electron chi connectivity index (χ2n) is 5.64. The highest BCUT2D eigenvalue weighted by Crippen LogP contribution is 2.31. The lowest BCUT2D eigenvalue weighted by Gasteiger charge is -2.19. The maximum atomic E-state index is 12.3. The van der Waals surface area contributed by atoms with Crippen LogP contribution in [0, 0.1) is 15.5 Å². The maximum absolute atomic E-state index is 12.3. The molecule has 0 aromatic heterocycles. The Balaban J connectivity index is 2.27. The number of likely N-dealkylation sites (tertiary alicyclic amines) is 1. The summed E-state index contributed by atoms with van der Waals surface area (Å²) in [6, 6.07) is 3.50. The fourth-order valence-electron chi connectivity index (χ4n) is 2.29. The van der Waals surface area contributed by atoms with Gasteiger partial charge in [-0.05, 0) is 17.9 Å². The van der Waals surface area contributed by atoms with Crippen molar-refractivity contribution in [2.75, 3.05) is 13.1 Å². The summed E-state index contributed by atoms with van der Waals surface area (Å²) < 4.78 is 0. The van der Waals surface area contributed by atoms with Crippen molar-refractivity contribution in [2.24, 2.45) is 5.41 Å². The molecule has 1 aliphatic heterocycles. The van der Waals surface area contributed by atoms with Gasteiger partial charge in [0.25, 0.3) is 11.6 Å². The third-order valence-corrected chi connectivity index (χ3v) is 3.32.